The number of fused-ring (bicyclic) bond motifs is 1. The number of benzene rings is 1. The predicted molar refractivity (Wildman–Crippen MR) is 108 cm³/mol. The van der Waals surface area contributed by atoms with Gasteiger partial charge in [0.2, 0.25) is 0 Å². The molecule has 3 heterocycles. The standard InChI is InChI=1S/C22H27N3O3/c1-14-11-18(15(2)24(14)12-17-7-6-10-28-17)21(27)13-25-20-9-5-4-8-19(20)23-22(25)16(3)26/h4-5,8-9,11,16-17,26H,6-7,10,12-13H2,1-3H3/t16-,17-/m0/s1. The number of para-hydroxylation sites is 2. The minimum Gasteiger partial charge on any atom is -0.385 e. The van der Waals surface area contributed by atoms with Gasteiger partial charge in [-0.3, -0.25) is 4.79 Å². The lowest BCUT2D eigenvalue weighted by atomic mass is 10.1. The van der Waals surface area contributed by atoms with E-state index in [1.165, 1.54) is 0 Å². The van der Waals surface area contributed by atoms with Crippen LogP contribution in [0.25, 0.3) is 11.0 Å². The van der Waals surface area contributed by atoms with Gasteiger partial charge in [-0.05, 0) is 51.8 Å². The maximum absolute atomic E-state index is 13.2. The fraction of sp³-hybridized carbons (Fsp3) is 0.455. The van der Waals surface area contributed by atoms with E-state index in [1.807, 2.05) is 48.7 Å². The number of hydrogen-bond donors (Lipinski definition) is 1. The van der Waals surface area contributed by atoms with E-state index in [0.29, 0.717) is 5.82 Å². The molecule has 1 aromatic carbocycles. The maximum atomic E-state index is 13.2. The number of rotatable bonds is 6. The molecule has 0 aliphatic carbocycles. The Morgan fingerprint density at radius 2 is 2.11 bits per heavy atom. The summed E-state index contributed by atoms with van der Waals surface area (Å²) < 4.78 is 9.78. The number of ether oxygens (including phenoxy) is 1. The topological polar surface area (TPSA) is 69.3 Å². The molecule has 2 atom stereocenters. The number of aliphatic hydroxyl groups is 1. The molecule has 4 rings (SSSR count). The Morgan fingerprint density at radius 3 is 2.82 bits per heavy atom. The van der Waals surface area contributed by atoms with Crippen LogP contribution in [-0.4, -0.2) is 37.7 Å². The van der Waals surface area contributed by atoms with E-state index in [4.69, 9.17) is 4.74 Å². The van der Waals surface area contributed by atoms with Crippen LogP contribution in [0.3, 0.4) is 0 Å². The Bertz CT molecular complexity index is 1010. The fourth-order valence-corrected chi connectivity index (χ4v) is 4.16. The molecule has 1 aliphatic heterocycles. The van der Waals surface area contributed by atoms with Gasteiger partial charge in [0.05, 0.1) is 23.7 Å². The third-order valence-electron chi connectivity index (χ3n) is 5.64. The number of nitrogens with zero attached hydrogens (tertiary/aromatic N) is 3. The van der Waals surface area contributed by atoms with Crippen LogP contribution in [0.5, 0.6) is 0 Å². The van der Waals surface area contributed by atoms with Gasteiger partial charge in [-0.1, -0.05) is 12.1 Å². The molecular weight excluding hydrogens is 354 g/mol. The number of hydrogen-bond acceptors (Lipinski definition) is 4. The molecule has 28 heavy (non-hydrogen) atoms. The van der Waals surface area contributed by atoms with Crippen LogP contribution in [0.4, 0.5) is 0 Å². The van der Waals surface area contributed by atoms with Gasteiger partial charge in [-0.15, -0.1) is 0 Å². The number of aliphatic hydroxyl groups excluding tert-OH is 1. The van der Waals surface area contributed by atoms with Crippen molar-refractivity contribution >= 4 is 16.8 Å². The molecule has 0 radical (unpaired) electrons. The van der Waals surface area contributed by atoms with Crippen molar-refractivity contribution in [2.24, 2.45) is 0 Å². The van der Waals surface area contributed by atoms with Gasteiger partial charge < -0.3 is 19.0 Å². The van der Waals surface area contributed by atoms with Gasteiger partial charge in [0, 0.05) is 30.1 Å². The number of aryl methyl sites for hydroxylation is 1. The molecular formula is C22H27N3O3. The first kappa shape index (κ1) is 18.9. The summed E-state index contributed by atoms with van der Waals surface area (Å²) in [5, 5.41) is 10.1. The number of carbonyl (C=O) groups excluding carboxylic acids is 1. The normalized spacial score (nSPS) is 18.1. The van der Waals surface area contributed by atoms with Crippen LogP contribution < -0.4 is 0 Å². The van der Waals surface area contributed by atoms with Crippen LogP contribution in [0.15, 0.2) is 30.3 Å². The molecule has 1 aliphatic rings. The number of Topliss-reactive ketones (excluding diaryl/α,β-unsaturated/α-hetero) is 1. The van der Waals surface area contributed by atoms with Gasteiger partial charge in [0.25, 0.3) is 0 Å². The van der Waals surface area contributed by atoms with Crippen molar-refractivity contribution in [2.75, 3.05) is 6.61 Å². The van der Waals surface area contributed by atoms with Gasteiger partial charge in [0.1, 0.15) is 11.9 Å². The summed E-state index contributed by atoms with van der Waals surface area (Å²) in [6.07, 6.45) is 1.66. The molecule has 1 fully saturated rings. The van der Waals surface area contributed by atoms with Crippen LogP contribution in [-0.2, 0) is 17.8 Å². The summed E-state index contributed by atoms with van der Waals surface area (Å²) in [7, 11) is 0. The quantitative estimate of drug-likeness (QED) is 0.663. The molecule has 148 valence electrons. The van der Waals surface area contributed by atoms with E-state index in [-0.39, 0.29) is 18.4 Å². The van der Waals surface area contributed by atoms with E-state index in [0.717, 1.165) is 54.0 Å². The van der Waals surface area contributed by atoms with Crippen LogP contribution >= 0.6 is 0 Å². The predicted octanol–water partition coefficient (Wildman–Crippen LogP) is 3.57. The minimum atomic E-state index is -0.743. The molecule has 1 saturated heterocycles. The second-order valence-electron chi connectivity index (χ2n) is 7.67. The second-order valence-corrected chi connectivity index (χ2v) is 7.67. The Kier molecular flexibility index (Phi) is 5.08. The Labute approximate surface area is 164 Å². The average molecular weight is 381 g/mol. The number of imidazole rings is 1. The van der Waals surface area contributed by atoms with Crippen molar-refractivity contribution in [3.63, 3.8) is 0 Å². The summed E-state index contributed by atoms with van der Waals surface area (Å²) in [5.74, 6) is 0.541. The molecule has 0 amide bonds. The zero-order valence-electron chi connectivity index (χ0n) is 16.7. The van der Waals surface area contributed by atoms with Gasteiger partial charge in [-0.2, -0.15) is 0 Å². The first-order valence-corrected chi connectivity index (χ1v) is 9.90. The summed E-state index contributed by atoms with van der Waals surface area (Å²) in [5.41, 5.74) is 4.42. The van der Waals surface area contributed by atoms with Gasteiger partial charge in [0.15, 0.2) is 5.78 Å². The molecule has 0 unspecified atom stereocenters. The van der Waals surface area contributed by atoms with Crippen molar-refractivity contribution in [2.45, 2.75) is 58.9 Å². The molecule has 0 saturated carbocycles. The van der Waals surface area contributed by atoms with Crippen molar-refractivity contribution in [1.82, 2.24) is 14.1 Å². The highest BCUT2D eigenvalue weighted by molar-refractivity contribution is 5.98. The Morgan fingerprint density at radius 1 is 1.32 bits per heavy atom. The van der Waals surface area contributed by atoms with Crippen molar-refractivity contribution < 1.29 is 14.6 Å². The summed E-state index contributed by atoms with van der Waals surface area (Å²) in [6, 6.07) is 9.63. The molecule has 2 aromatic heterocycles. The monoisotopic (exact) mass is 381 g/mol. The highest BCUT2D eigenvalue weighted by Gasteiger charge is 2.23. The van der Waals surface area contributed by atoms with Crippen LogP contribution in [0.2, 0.25) is 0 Å². The maximum Gasteiger partial charge on any atom is 0.184 e. The van der Waals surface area contributed by atoms with Crippen molar-refractivity contribution in [1.29, 1.82) is 0 Å². The first-order chi connectivity index (χ1) is 13.5. The highest BCUT2D eigenvalue weighted by Crippen LogP contribution is 2.24. The largest absolute Gasteiger partial charge is 0.385 e. The van der Waals surface area contributed by atoms with E-state index in [2.05, 4.69) is 9.55 Å². The molecule has 1 N–H and O–H groups in total. The summed E-state index contributed by atoms with van der Waals surface area (Å²) in [4.78, 5) is 17.7. The molecule has 0 spiro atoms. The third kappa shape index (κ3) is 3.38. The smallest absolute Gasteiger partial charge is 0.184 e. The molecule has 6 heteroatoms. The van der Waals surface area contributed by atoms with E-state index in [9.17, 15) is 9.90 Å². The van der Waals surface area contributed by atoms with Crippen molar-refractivity contribution in [3.05, 3.63) is 53.1 Å². The van der Waals surface area contributed by atoms with Crippen LogP contribution in [0.1, 0.15) is 53.4 Å². The molecule has 3 aromatic rings. The number of carbonyl (C=O) groups is 1. The Hall–Kier alpha value is -2.44. The average Bonchev–Trinajstić information content (AvgIpc) is 3.37. The van der Waals surface area contributed by atoms with Crippen LogP contribution in [0, 0.1) is 13.8 Å². The minimum absolute atomic E-state index is 0.0248. The second kappa shape index (κ2) is 7.53. The van der Waals surface area contributed by atoms with E-state index in [1.54, 1.807) is 6.92 Å². The SMILES string of the molecule is Cc1cc(C(=O)Cn2c([C@H](C)O)nc3ccccc32)c(C)n1C[C@@H]1CCCO1. The zero-order chi connectivity index (χ0) is 19.8. The highest BCUT2D eigenvalue weighted by atomic mass is 16.5. The third-order valence-corrected chi connectivity index (χ3v) is 5.64. The summed E-state index contributed by atoms with van der Waals surface area (Å²) in [6.45, 7) is 7.48. The first-order valence-electron chi connectivity index (χ1n) is 9.90. The van der Waals surface area contributed by atoms with E-state index >= 15 is 0 Å². The van der Waals surface area contributed by atoms with Gasteiger partial charge in [-0.25, -0.2) is 4.98 Å². The fourth-order valence-electron chi connectivity index (χ4n) is 4.16. The zero-order valence-corrected chi connectivity index (χ0v) is 16.7. The van der Waals surface area contributed by atoms with E-state index < -0.39 is 6.10 Å². The molecule has 0 bridgehead atoms. The number of ketones is 1. The molecule has 6 nitrogen and oxygen atoms in total. The summed E-state index contributed by atoms with van der Waals surface area (Å²) >= 11 is 0. The van der Waals surface area contributed by atoms with Crippen molar-refractivity contribution in [3.8, 4) is 0 Å². The Balaban J connectivity index is 1.64. The lowest BCUT2D eigenvalue weighted by Crippen LogP contribution is -2.18. The number of aromatic nitrogens is 3. The lowest BCUT2D eigenvalue weighted by molar-refractivity contribution is 0.0946. The lowest BCUT2D eigenvalue weighted by Gasteiger charge is -2.15. The van der Waals surface area contributed by atoms with Gasteiger partial charge >= 0.3 is 0 Å².